The van der Waals surface area contributed by atoms with E-state index < -0.39 is 0 Å². The zero-order chi connectivity index (χ0) is 13.7. The molecule has 0 saturated carbocycles. The molecule has 1 saturated heterocycles. The van der Waals surface area contributed by atoms with Crippen molar-refractivity contribution in [3.8, 4) is 0 Å². The van der Waals surface area contributed by atoms with Crippen molar-refractivity contribution in [2.75, 3.05) is 13.2 Å². The zero-order valence-corrected chi connectivity index (χ0v) is 12.4. The van der Waals surface area contributed by atoms with E-state index in [1.165, 1.54) is 6.42 Å². The summed E-state index contributed by atoms with van der Waals surface area (Å²) < 4.78 is 11.2. The highest BCUT2D eigenvalue weighted by Gasteiger charge is 2.30. The van der Waals surface area contributed by atoms with E-state index in [1.54, 1.807) is 6.26 Å². The molecular formula is C16H27NO2. The first kappa shape index (κ1) is 14.6. The third-order valence-corrected chi connectivity index (χ3v) is 4.05. The van der Waals surface area contributed by atoms with Crippen LogP contribution in [0.3, 0.4) is 0 Å². The minimum atomic E-state index is 0.435. The van der Waals surface area contributed by atoms with Gasteiger partial charge in [-0.1, -0.05) is 13.8 Å². The molecule has 3 atom stereocenters. The second kappa shape index (κ2) is 7.11. The van der Waals surface area contributed by atoms with Crippen LogP contribution < -0.4 is 5.32 Å². The fourth-order valence-corrected chi connectivity index (χ4v) is 2.88. The molecule has 0 amide bonds. The molecule has 108 valence electrons. The first-order chi connectivity index (χ1) is 9.16. The molecule has 1 aliphatic heterocycles. The van der Waals surface area contributed by atoms with Crippen LogP contribution in [0.5, 0.6) is 0 Å². The van der Waals surface area contributed by atoms with Gasteiger partial charge in [0.2, 0.25) is 0 Å². The van der Waals surface area contributed by atoms with Crippen LogP contribution in [0.4, 0.5) is 0 Å². The van der Waals surface area contributed by atoms with Crippen molar-refractivity contribution in [3.63, 3.8) is 0 Å². The Kier molecular flexibility index (Phi) is 5.46. The molecule has 0 radical (unpaired) electrons. The third-order valence-electron chi connectivity index (χ3n) is 4.05. The largest absolute Gasteiger partial charge is 0.469 e. The van der Waals surface area contributed by atoms with Gasteiger partial charge in [0, 0.05) is 25.6 Å². The summed E-state index contributed by atoms with van der Waals surface area (Å²) >= 11 is 0. The smallest absolute Gasteiger partial charge is 0.103 e. The third kappa shape index (κ3) is 4.36. The van der Waals surface area contributed by atoms with E-state index in [1.807, 2.05) is 12.1 Å². The highest BCUT2D eigenvalue weighted by atomic mass is 16.5. The van der Waals surface area contributed by atoms with E-state index >= 15 is 0 Å². The van der Waals surface area contributed by atoms with Gasteiger partial charge in [0.05, 0.1) is 12.4 Å². The van der Waals surface area contributed by atoms with Crippen LogP contribution in [0.15, 0.2) is 22.8 Å². The summed E-state index contributed by atoms with van der Waals surface area (Å²) in [6, 6.07) is 4.53. The van der Waals surface area contributed by atoms with Crippen LogP contribution in [0, 0.1) is 11.8 Å². The summed E-state index contributed by atoms with van der Waals surface area (Å²) in [5.41, 5.74) is 0. The normalized spacial score (nSPS) is 25.1. The summed E-state index contributed by atoms with van der Waals surface area (Å²) in [7, 11) is 0. The maximum Gasteiger partial charge on any atom is 0.103 e. The molecule has 1 aliphatic rings. The number of ether oxygens (including phenoxy) is 1. The summed E-state index contributed by atoms with van der Waals surface area (Å²) in [6.07, 6.45) is 5.51. The first-order valence-corrected chi connectivity index (χ1v) is 7.54. The molecule has 3 nitrogen and oxygen atoms in total. The lowest BCUT2D eigenvalue weighted by Crippen LogP contribution is -2.36. The van der Waals surface area contributed by atoms with Crippen molar-refractivity contribution in [2.45, 2.75) is 52.2 Å². The SMILES string of the molecule is CC(CCc1ccco1)NC[C@H]1CCO[C@@H]1C(C)C. The number of hydrogen-bond acceptors (Lipinski definition) is 3. The van der Waals surface area contributed by atoms with Gasteiger partial charge in [-0.25, -0.2) is 0 Å². The van der Waals surface area contributed by atoms with Crippen molar-refractivity contribution in [3.05, 3.63) is 24.2 Å². The Morgan fingerprint density at radius 2 is 2.21 bits per heavy atom. The molecule has 1 aromatic heterocycles. The Morgan fingerprint density at radius 1 is 1.37 bits per heavy atom. The lowest BCUT2D eigenvalue weighted by atomic mass is 9.92. The molecule has 0 aromatic carbocycles. The topological polar surface area (TPSA) is 34.4 Å². The van der Waals surface area contributed by atoms with E-state index in [-0.39, 0.29) is 0 Å². The summed E-state index contributed by atoms with van der Waals surface area (Å²) in [4.78, 5) is 0. The average molecular weight is 265 g/mol. The van der Waals surface area contributed by atoms with Gasteiger partial charge in [0.25, 0.3) is 0 Å². The van der Waals surface area contributed by atoms with Gasteiger partial charge < -0.3 is 14.5 Å². The van der Waals surface area contributed by atoms with Crippen LogP contribution >= 0.6 is 0 Å². The second-order valence-corrected chi connectivity index (χ2v) is 6.06. The minimum Gasteiger partial charge on any atom is -0.469 e. The molecule has 0 bridgehead atoms. The molecule has 2 heterocycles. The van der Waals surface area contributed by atoms with E-state index in [4.69, 9.17) is 9.15 Å². The summed E-state index contributed by atoms with van der Waals surface area (Å²) in [5, 5.41) is 3.65. The maximum absolute atomic E-state index is 5.82. The van der Waals surface area contributed by atoms with E-state index in [0.29, 0.717) is 24.0 Å². The molecule has 1 fully saturated rings. The molecular weight excluding hydrogens is 238 g/mol. The van der Waals surface area contributed by atoms with Gasteiger partial charge in [-0.15, -0.1) is 0 Å². The zero-order valence-electron chi connectivity index (χ0n) is 12.4. The van der Waals surface area contributed by atoms with Crippen LogP contribution in [0.25, 0.3) is 0 Å². The minimum absolute atomic E-state index is 0.435. The van der Waals surface area contributed by atoms with Crippen LogP contribution in [0.2, 0.25) is 0 Å². The first-order valence-electron chi connectivity index (χ1n) is 7.54. The van der Waals surface area contributed by atoms with Crippen LogP contribution in [-0.2, 0) is 11.2 Å². The predicted molar refractivity (Wildman–Crippen MR) is 77.2 cm³/mol. The van der Waals surface area contributed by atoms with E-state index in [0.717, 1.165) is 31.8 Å². The molecule has 0 aliphatic carbocycles. The van der Waals surface area contributed by atoms with Gasteiger partial charge in [-0.05, 0) is 43.7 Å². The fraction of sp³-hybridized carbons (Fsp3) is 0.750. The Hall–Kier alpha value is -0.800. The molecule has 3 heteroatoms. The Labute approximate surface area is 116 Å². The number of hydrogen-bond donors (Lipinski definition) is 1. The monoisotopic (exact) mass is 265 g/mol. The Bertz CT molecular complexity index is 348. The molecule has 0 spiro atoms. The lowest BCUT2D eigenvalue weighted by molar-refractivity contribution is 0.0534. The Balaban J connectivity index is 1.67. The van der Waals surface area contributed by atoms with E-state index in [9.17, 15) is 0 Å². The van der Waals surface area contributed by atoms with Gasteiger partial charge >= 0.3 is 0 Å². The van der Waals surface area contributed by atoms with Crippen molar-refractivity contribution in [1.29, 1.82) is 0 Å². The molecule has 1 N–H and O–H groups in total. The van der Waals surface area contributed by atoms with Gasteiger partial charge in [0.1, 0.15) is 5.76 Å². The van der Waals surface area contributed by atoms with Crippen molar-refractivity contribution < 1.29 is 9.15 Å². The summed E-state index contributed by atoms with van der Waals surface area (Å²) in [6.45, 7) is 8.76. The van der Waals surface area contributed by atoms with Gasteiger partial charge in [-0.3, -0.25) is 0 Å². The quantitative estimate of drug-likeness (QED) is 0.822. The van der Waals surface area contributed by atoms with Crippen LogP contribution in [-0.4, -0.2) is 25.3 Å². The molecule has 19 heavy (non-hydrogen) atoms. The fourth-order valence-electron chi connectivity index (χ4n) is 2.88. The number of nitrogens with one attached hydrogen (secondary N) is 1. The second-order valence-electron chi connectivity index (χ2n) is 6.06. The highest BCUT2D eigenvalue weighted by Crippen LogP contribution is 2.26. The molecule has 1 unspecified atom stereocenters. The van der Waals surface area contributed by atoms with Gasteiger partial charge in [-0.2, -0.15) is 0 Å². The summed E-state index contributed by atoms with van der Waals surface area (Å²) in [5.74, 6) is 2.37. The number of aryl methyl sites for hydroxylation is 1. The van der Waals surface area contributed by atoms with Crippen molar-refractivity contribution in [1.82, 2.24) is 5.32 Å². The predicted octanol–water partition coefficient (Wildman–Crippen LogP) is 3.25. The average Bonchev–Trinajstić information content (AvgIpc) is 3.04. The number of furan rings is 1. The maximum atomic E-state index is 5.82. The molecule has 2 rings (SSSR count). The van der Waals surface area contributed by atoms with Gasteiger partial charge in [0.15, 0.2) is 0 Å². The number of rotatable bonds is 7. The highest BCUT2D eigenvalue weighted by molar-refractivity contribution is 4.98. The molecule has 1 aromatic rings. The van der Waals surface area contributed by atoms with Crippen molar-refractivity contribution in [2.24, 2.45) is 11.8 Å². The van der Waals surface area contributed by atoms with Crippen LogP contribution in [0.1, 0.15) is 39.4 Å². The standard InChI is InChI=1S/C16H27NO2/c1-12(2)16-14(8-10-19-16)11-17-13(3)6-7-15-5-4-9-18-15/h4-5,9,12-14,16-17H,6-8,10-11H2,1-3H3/t13?,14-,16-/m1/s1. The van der Waals surface area contributed by atoms with Crippen molar-refractivity contribution >= 4 is 0 Å². The lowest BCUT2D eigenvalue weighted by Gasteiger charge is -2.24. The van der Waals surface area contributed by atoms with E-state index in [2.05, 4.69) is 26.1 Å². The Morgan fingerprint density at radius 3 is 2.89 bits per heavy atom.